The van der Waals surface area contributed by atoms with Crippen LogP contribution in [0.1, 0.15) is 19.3 Å². The Labute approximate surface area is 106 Å². The third-order valence-electron chi connectivity index (χ3n) is 3.82. The van der Waals surface area contributed by atoms with E-state index < -0.39 is 12.1 Å². The zero-order valence-corrected chi connectivity index (χ0v) is 10.5. The third-order valence-corrected chi connectivity index (χ3v) is 3.82. The van der Waals surface area contributed by atoms with Crippen LogP contribution < -0.4 is 5.32 Å². The molecular weight excluding hydrogens is 245 g/mol. The predicted octanol–water partition coefficient (Wildman–Crippen LogP) is 1.64. The van der Waals surface area contributed by atoms with E-state index in [0.717, 1.165) is 32.7 Å². The fourth-order valence-electron chi connectivity index (χ4n) is 2.62. The highest BCUT2D eigenvalue weighted by atomic mass is 19.4. The van der Waals surface area contributed by atoms with Gasteiger partial charge in [-0.25, -0.2) is 0 Å². The molecule has 2 aliphatic rings. The Morgan fingerprint density at radius 1 is 1.22 bits per heavy atom. The molecule has 2 saturated heterocycles. The number of hydrogen-bond donors (Lipinski definition) is 1. The second-order valence-corrected chi connectivity index (χ2v) is 5.14. The zero-order chi connectivity index (χ0) is 13.0. The standard InChI is InChI=1S/C12H21F3N2O/c13-12(14,15)10-1-5-17(6-2-10)7-3-11-9-16-4-8-18-11/h10-11,16H,1-9H2. The van der Waals surface area contributed by atoms with Gasteiger partial charge in [-0.15, -0.1) is 0 Å². The van der Waals surface area contributed by atoms with Crippen LogP contribution >= 0.6 is 0 Å². The van der Waals surface area contributed by atoms with Gasteiger partial charge in [0.1, 0.15) is 0 Å². The first-order chi connectivity index (χ1) is 8.55. The van der Waals surface area contributed by atoms with E-state index >= 15 is 0 Å². The van der Waals surface area contributed by atoms with Crippen LogP contribution in [-0.2, 0) is 4.74 Å². The van der Waals surface area contributed by atoms with E-state index in [9.17, 15) is 13.2 Å². The minimum atomic E-state index is -4.01. The summed E-state index contributed by atoms with van der Waals surface area (Å²) in [6.07, 6.45) is -2.40. The molecule has 106 valence electrons. The number of alkyl halides is 3. The average Bonchev–Trinajstić information content (AvgIpc) is 2.37. The first-order valence-electron chi connectivity index (χ1n) is 6.67. The van der Waals surface area contributed by atoms with Crippen LogP contribution in [0, 0.1) is 5.92 Å². The number of halogens is 3. The SMILES string of the molecule is FC(F)(F)C1CCN(CCC2CNCCO2)CC1. The molecule has 2 aliphatic heterocycles. The minimum absolute atomic E-state index is 0.221. The van der Waals surface area contributed by atoms with Gasteiger partial charge in [-0.05, 0) is 32.4 Å². The van der Waals surface area contributed by atoms with Crippen molar-refractivity contribution in [1.82, 2.24) is 10.2 Å². The number of nitrogens with zero attached hydrogens (tertiary/aromatic N) is 1. The molecule has 0 saturated carbocycles. The number of likely N-dealkylation sites (tertiary alicyclic amines) is 1. The van der Waals surface area contributed by atoms with Crippen molar-refractivity contribution in [2.24, 2.45) is 5.92 Å². The molecule has 2 heterocycles. The van der Waals surface area contributed by atoms with E-state index in [1.54, 1.807) is 0 Å². The molecule has 0 aromatic carbocycles. The molecule has 0 bridgehead atoms. The summed E-state index contributed by atoms with van der Waals surface area (Å²) in [6, 6.07) is 0. The van der Waals surface area contributed by atoms with Crippen LogP contribution in [0.15, 0.2) is 0 Å². The Hall–Kier alpha value is -0.330. The van der Waals surface area contributed by atoms with Crippen LogP contribution in [0.5, 0.6) is 0 Å². The van der Waals surface area contributed by atoms with Crippen LogP contribution in [0.25, 0.3) is 0 Å². The van der Waals surface area contributed by atoms with Gasteiger partial charge in [0.2, 0.25) is 0 Å². The first-order valence-corrected chi connectivity index (χ1v) is 6.67. The number of rotatable bonds is 3. The summed E-state index contributed by atoms with van der Waals surface area (Å²) in [4.78, 5) is 2.13. The summed E-state index contributed by atoms with van der Waals surface area (Å²) < 4.78 is 43.1. The maximum absolute atomic E-state index is 12.5. The maximum atomic E-state index is 12.5. The maximum Gasteiger partial charge on any atom is 0.391 e. The molecule has 2 fully saturated rings. The van der Waals surface area contributed by atoms with E-state index in [1.807, 2.05) is 0 Å². The van der Waals surface area contributed by atoms with Crippen molar-refractivity contribution in [2.75, 3.05) is 39.3 Å². The monoisotopic (exact) mass is 266 g/mol. The molecule has 3 nitrogen and oxygen atoms in total. The van der Waals surface area contributed by atoms with Crippen molar-refractivity contribution < 1.29 is 17.9 Å². The lowest BCUT2D eigenvalue weighted by Gasteiger charge is -2.34. The summed E-state index contributed by atoms with van der Waals surface area (Å²) in [6.45, 7) is 4.46. The van der Waals surface area contributed by atoms with Crippen LogP contribution in [0.3, 0.4) is 0 Å². The Morgan fingerprint density at radius 2 is 1.94 bits per heavy atom. The minimum Gasteiger partial charge on any atom is -0.376 e. The summed E-state index contributed by atoms with van der Waals surface area (Å²) in [5.41, 5.74) is 0. The summed E-state index contributed by atoms with van der Waals surface area (Å²) in [5.74, 6) is -1.10. The van der Waals surface area contributed by atoms with Gasteiger partial charge in [-0.1, -0.05) is 0 Å². The Bertz CT molecular complexity index is 246. The second kappa shape index (κ2) is 6.21. The van der Waals surface area contributed by atoms with Crippen molar-refractivity contribution in [3.63, 3.8) is 0 Å². The molecule has 6 heteroatoms. The van der Waals surface area contributed by atoms with Crippen LogP contribution in [-0.4, -0.2) is 56.5 Å². The average molecular weight is 266 g/mol. The van der Waals surface area contributed by atoms with Gasteiger partial charge in [0.05, 0.1) is 18.6 Å². The van der Waals surface area contributed by atoms with Gasteiger partial charge in [-0.3, -0.25) is 0 Å². The van der Waals surface area contributed by atoms with Crippen LogP contribution in [0.2, 0.25) is 0 Å². The van der Waals surface area contributed by atoms with E-state index in [1.165, 1.54) is 0 Å². The zero-order valence-electron chi connectivity index (χ0n) is 10.5. The van der Waals surface area contributed by atoms with Crippen molar-refractivity contribution in [1.29, 1.82) is 0 Å². The van der Waals surface area contributed by atoms with Crippen molar-refractivity contribution >= 4 is 0 Å². The lowest BCUT2D eigenvalue weighted by Crippen LogP contribution is -2.43. The molecule has 0 radical (unpaired) electrons. The van der Waals surface area contributed by atoms with Crippen molar-refractivity contribution in [3.05, 3.63) is 0 Å². The molecule has 0 aliphatic carbocycles. The van der Waals surface area contributed by atoms with Crippen molar-refractivity contribution in [3.8, 4) is 0 Å². The fourth-order valence-corrected chi connectivity index (χ4v) is 2.62. The molecule has 0 aromatic rings. The summed E-state index contributed by atoms with van der Waals surface area (Å²) in [7, 11) is 0. The third kappa shape index (κ3) is 4.10. The molecule has 0 aromatic heterocycles. The molecule has 1 N–H and O–H groups in total. The van der Waals surface area contributed by atoms with Gasteiger partial charge in [0.15, 0.2) is 0 Å². The lowest BCUT2D eigenvalue weighted by molar-refractivity contribution is -0.185. The highest BCUT2D eigenvalue weighted by Crippen LogP contribution is 2.34. The topological polar surface area (TPSA) is 24.5 Å². The molecular formula is C12H21F3N2O. The Morgan fingerprint density at radius 3 is 2.50 bits per heavy atom. The lowest BCUT2D eigenvalue weighted by atomic mass is 9.96. The molecule has 0 amide bonds. The number of hydrogen-bond acceptors (Lipinski definition) is 3. The molecule has 18 heavy (non-hydrogen) atoms. The molecule has 2 rings (SSSR count). The van der Waals surface area contributed by atoms with E-state index in [-0.39, 0.29) is 18.9 Å². The first kappa shape index (κ1) is 14.1. The number of ether oxygens (including phenoxy) is 1. The van der Waals surface area contributed by atoms with Crippen LogP contribution in [0.4, 0.5) is 13.2 Å². The number of nitrogens with one attached hydrogen (secondary N) is 1. The Kier molecular flexibility index (Phi) is 4.86. The van der Waals surface area contributed by atoms with Gasteiger partial charge in [-0.2, -0.15) is 13.2 Å². The predicted molar refractivity (Wildman–Crippen MR) is 62.4 cm³/mol. The van der Waals surface area contributed by atoms with Gasteiger partial charge in [0.25, 0.3) is 0 Å². The van der Waals surface area contributed by atoms with E-state index in [0.29, 0.717) is 13.1 Å². The van der Waals surface area contributed by atoms with E-state index in [2.05, 4.69) is 10.2 Å². The van der Waals surface area contributed by atoms with Crippen molar-refractivity contribution in [2.45, 2.75) is 31.5 Å². The Balaban J connectivity index is 1.64. The van der Waals surface area contributed by atoms with Gasteiger partial charge in [0, 0.05) is 19.6 Å². The normalized spacial score (nSPS) is 28.5. The smallest absolute Gasteiger partial charge is 0.376 e. The van der Waals surface area contributed by atoms with Gasteiger partial charge >= 0.3 is 6.18 Å². The summed E-state index contributed by atoms with van der Waals surface area (Å²) in [5, 5.41) is 3.26. The highest BCUT2D eigenvalue weighted by Gasteiger charge is 2.40. The quantitative estimate of drug-likeness (QED) is 0.840. The highest BCUT2D eigenvalue weighted by molar-refractivity contribution is 4.78. The number of morpholine rings is 1. The molecule has 0 spiro atoms. The molecule has 1 unspecified atom stereocenters. The van der Waals surface area contributed by atoms with E-state index in [4.69, 9.17) is 4.74 Å². The summed E-state index contributed by atoms with van der Waals surface area (Å²) >= 11 is 0. The number of piperidine rings is 1. The van der Waals surface area contributed by atoms with Gasteiger partial charge < -0.3 is 15.0 Å². The fraction of sp³-hybridized carbons (Fsp3) is 1.00. The largest absolute Gasteiger partial charge is 0.391 e. The molecule has 1 atom stereocenters. The second-order valence-electron chi connectivity index (χ2n) is 5.14.